The summed E-state index contributed by atoms with van der Waals surface area (Å²) in [5, 5.41) is 12.2. The van der Waals surface area contributed by atoms with E-state index in [9.17, 15) is 14.7 Å². The summed E-state index contributed by atoms with van der Waals surface area (Å²) in [6.45, 7) is 0.904. The maximum Gasteiger partial charge on any atom is 0.326 e. The highest BCUT2D eigenvalue weighted by Crippen LogP contribution is 2.26. The van der Waals surface area contributed by atoms with Crippen LogP contribution in [0.2, 0.25) is 0 Å². The Balaban J connectivity index is 1.80. The molecule has 166 valence electrons. The van der Waals surface area contributed by atoms with Gasteiger partial charge in [-0.3, -0.25) is 4.79 Å². The molecule has 0 saturated heterocycles. The van der Waals surface area contributed by atoms with Crippen molar-refractivity contribution in [3.63, 3.8) is 0 Å². The van der Waals surface area contributed by atoms with E-state index in [0.29, 0.717) is 31.0 Å². The number of carboxylic acid groups (broad SMARTS) is 1. The Kier molecular flexibility index (Phi) is 8.90. The number of amides is 1. The second-order valence-corrected chi connectivity index (χ2v) is 8.36. The van der Waals surface area contributed by atoms with Crippen molar-refractivity contribution in [2.45, 2.75) is 25.7 Å². The van der Waals surface area contributed by atoms with Crippen molar-refractivity contribution < 1.29 is 19.4 Å². The standard InChI is InChI=1S/C26H27NO4S/c1-32-15-14-24(26(29)30)27-25(28)22-13-12-20(16-23(22)21-10-6-3-7-11-21)18-31-17-19-8-4-2-5-9-19/h2-13,16,24H,14-15,17-18H2,1H3,(H,27,28)(H,29,30)/t24-/m0/s1. The van der Waals surface area contributed by atoms with Crippen molar-refractivity contribution in [3.8, 4) is 11.1 Å². The normalized spacial score (nSPS) is 11.7. The van der Waals surface area contributed by atoms with Crippen LogP contribution in [0.3, 0.4) is 0 Å². The van der Waals surface area contributed by atoms with Crippen molar-refractivity contribution in [2.24, 2.45) is 0 Å². The molecular formula is C26H27NO4S. The molecule has 0 radical (unpaired) electrons. The first-order chi connectivity index (χ1) is 15.6. The lowest BCUT2D eigenvalue weighted by Crippen LogP contribution is -2.41. The van der Waals surface area contributed by atoms with Crippen LogP contribution in [-0.4, -0.2) is 35.0 Å². The molecule has 0 unspecified atom stereocenters. The first kappa shape index (κ1) is 23.6. The van der Waals surface area contributed by atoms with E-state index in [1.54, 1.807) is 17.8 Å². The highest BCUT2D eigenvalue weighted by molar-refractivity contribution is 7.98. The van der Waals surface area contributed by atoms with Gasteiger partial charge in [0.1, 0.15) is 6.04 Å². The number of nitrogens with one attached hydrogen (secondary N) is 1. The predicted molar refractivity (Wildman–Crippen MR) is 129 cm³/mol. The van der Waals surface area contributed by atoms with Gasteiger partial charge < -0.3 is 15.2 Å². The largest absolute Gasteiger partial charge is 0.480 e. The van der Waals surface area contributed by atoms with E-state index in [1.807, 2.05) is 79.1 Å². The Labute approximate surface area is 192 Å². The van der Waals surface area contributed by atoms with Gasteiger partial charge in [-0.2, -0.15) is 11.8 Å². The lowest BCUT2D eigenvalue weighted by molar-refractivity contribution is -0.139. The van der Waals surface area contributed by atoms with Gasteiger partial charge in [0.05, 0.1) is 13.2 Å². The summed E-state index contributed by atoms with van der Waals surface area (Å²) >= 11 is 1.55. The number of aliphatic carboxylic acids is 1. The van der Waals surface area contributed by atoms with Crippen molar-refractivity contribution >= 4 is 23.6 Å². The molecule has 2 N–H and O–H groups in total. The van der Waals surface area contributed by atoms with Crippen molar-refractivity contribution in [1.29, 1.82) is 0 Å². The average Bonchev–Trinajstić information content (AvgIpc) is 2.82. The molecule has 0 aliphatic heterocycles. The first-order valence-corrected chi connectivity index (χ1v) is 11.8. The van der Waals surface area contributed by atoms with Crippen LogP contribution >= 0.6 is 11.8 Å². The fourth-order valence-electron chi connectivity index (χ4n) is 3.33. The zero-order valence-electron chi connectivity index (χ0n) is 18.0. The van der Waals surface area contributed by atoms with E-state index >= 15 is 0 Å². The lowest BCUT2D eigenvalue weighted by Gasteiger charge is -2.17. The molecule has 1 amide bonds. The fraction of sp³-hybridized carbons (Fsp3) is 0.231. The van der Waals surface area contributed by atoms with Crippen LogP contribution in [0.1, 0.15) is 27.9 Å². The summed E-state index contributed by atoms with van der Waals surface area (Å²) in [6, 6.07) is 24.2. The Morgan fingerprint density at radius 2 is 1.59 bits per heavy atom. The molecule has 0 heterocycles. The van der Waals surface area contributed by atoms with Crippen LogP contribution in [-0.2, 0) is 22.7 Å². The quantitative estimate of drug-likeness (QED) is 0.431. The number of carbonyl (C=O) groups excluding carboxylic acids is 1. The van der Waals surface area contributed by atoms with Gasteiger partial charge in [-0.1, -0.05) is 66.7 Å². The molecule has 3 aromatic rings. The Morgan fingerprint density at radius 1 is 0.938 bits per heavy atom. The molecule has 5 nitrogen and oxygen atoms in total. The fourth-order valence-corrected chi connectivity index (χ4v) is 3.80. The molecule has 3 rings (SSSR count). The van der Waals surface area contributed by atoms with E-state index in [2.05, 4.69) is 5.32 Å². The molecule has 0 aliphatic carbocycles. The average molecular weight is 450 g/mol. The summed E-state index contributed by atoms with van der Waals surface area (Å²) in [6.07, 6.45) is 2.28. The van der Waals surface area contributed by atoms with E-state index in [0.717, 1.165) is 22.3 Å². The number of carboxylic acids is 1. The molecular weight excluding hydrogens is 422 g/mol. The van der Waals surface area contributed by atoms with Crippen LogP contribution in [0.4, 0.5) is 0 Å². The van der Waals surface area contributed by atoms with Crippen molar-refractivity contribution in [2.75, 3.05) is 12.0 Å². The molecule has 32 heavy (non-hydrogen) atoms. The zero-order chi connectivity index (χ0) is 22.8. The smallest absolute Gasteiger partial charge is 0.326 e. The minimum absolute atomic E-state index is 0.369. The van der Waals surface area contributed by atoms with E-state index in [1.165, 1.54) is 0 Å². The molecule has 0 spiro atoms. The number of rotatable bonds is 11. The Hall–Kier alpha value is -3.09. The number of carbonyl (C=O) groups is 2. The first-order valence-electron chi connectivity index (χ1n) is 10.4. The molecule has 1 atom stereocenters. The van der Waals surface area contributed by atoms with Gasteiger partial charge in [-0.25, -0.2) is 4.79 Å². The highest BCUT2D eigenvalue weighted by atomic mass is 32.2. The van der Waals surface area contributed by atoms with E-state index in [4.69, 9.17) is 4.74 Å². The number of hydrogen-bond acceptors (Lipinski definition) is 4. The predicted octanol–water partition coefficient (Wildman–Crippen LogP) is 5.01. The van der Waals surface area contributed by atoms with Gasteiger partial charge in [-0.05, 0) is 52.8 Å². The molecule has 0 aromatic heterocycles. The number of hydrogen-bond donors (Lipinski definition) is 2. The third kappa shape index (κ3) is 6.70. The summed E-state index contributed by atoms with van der Waals surface area (Å²) in [5.74, 6) is -0.769. The van der Waals surface area contributed by atoms with Crippen molar-refractivity contribution in [1.82, 2.24) is 5.32 Å². The summed E-state index contributed by atoms with van der Waals surface area (Å²) in [4.78, 5) is 24.6. The van der Waals surface area contributed by atoms with E-state index < -0.39 is 17.9 Å². The maximum absolute atomic E-state index is 13.0. The topological polar surface area (TPSA) is 75.6 Å². The number of thioether (sulfide) groups is 1. The van der Waals surface area contributed by atoms with Gasteiger partial charge >= 0.3 is 5.97 Å². The van der Waals surface area contributed by atoms with Gasteiger partial charge in [0.25, 0.3) is 5.91 Å². The SMILES string of the molecule is CSCC[C@H](NC(=O)c1ccc(COCc2ccccc2)cc1-c1ccccc1)C(=O)O. The molecule has 0 fully saturated rings. The van der Waals surface area contributed by atoms with Crippen LogP contribution in [0.5, 0.6) is 0 Å². The second kappa shape index (κ2) is 12.1. The molecule has 0 aliphatic rings. The highest BCUT2D eigenvalue weighted by Gasteiger charge is 2.22. The van der Waals surface area contributed by atoms with Crippen LogP contribution in [0.15, 0.2) is 78.9 Å². The molecule has 6 heteroatoms. The Bertz CT molecular complexity index is 1020. The maximum atomic E-state index is 13.0. The van der Waals surface area contributed by atoms with Crippen LogP contribution in [0.25, 0.3) is 11.1 Å². The monoisotopic (exact) mass is 449 g/mol. The van der Waals surface area contributed by atoms with Gasteiger partial charge in [0.2, 0.25) is 0 Å². The molecule has 0 saturated carbocycles. The summed E-state index contributed by atoms with van der Waals surface area (Å²) < 4.78 is 5.86. The van der Waals surface area contributed by atoms with Crippen molar-refractivity contribution in [3.05, 3.63) is 95.6 Å². The minimum atomic E-state index is -1.03. The third-order valence-electron chi connectivity index (χ3n) is 5.01. The molecule has 3 aromatic carbocycles. The summed E-state index contributed by atoms with van der Waals surface area (Å²) in [7, 11) is 0. The van der Waals surface area contributed by atoms with Crippen LogP contribution in [0, 0.1) is 0 Å². The molecule has 0 bridgehead atoms. The third-order valence-corrected chi connectivity index (χ3v) is 5.65. The van der Waals surface area contributed by atoms with Gasteiger partial charge in [0, 0.05) is 5.56 Å². The van der Waals surface area contributed by atoms with Gasteiger partial charge in [-0.15, -0.1) is 0 Å². The van der Waals surface area contributed by atoms with E-state index in [-0.39, 0.29) is 0 Å². The second-order valence-electron chi connectivity index (χ2n) is 7.37. The van der Waals surface area contributed by atoms with Crippen LogP contribution < -0.4 is 5.32 Å². The number of benzene rings is 3. The number of ether oxygens (including phenoxy) is 1. The summed E-state index contributed by atoms with van der Waals surface area (Å²) in [5.41, 5.74) is 4.11. The lowest BCUT2D eigenvalue weighted by atomic mass is 9.96. The zero-order valence-corrected chi connectivity index (χ0v) is 18.8. The minimum Gasteiger partial charge on any atom is -0.480 e. The van der Waals surface area contributed by atoms with Gasteiger partial charge in [0.15, 0.2) is 0 Å². The Morgan fingerprint density at radius 3 is 2.25 bits per heavy atom.